The molecule has 0 saturated carbocycles. The molecule has 1 aliphatic heterocycles. The van der Waals surface area contributed by atoms with E-state index in [-0.39, 0.29) is 5.91 Å². The third-order valence-electron chi connectivity index (χ3n) is 6.33. The Bertz CT molecular complexity index is 822. The highest BCUT2D eigenvalue weighted by Gasteiger charge is 2.45. The van der Waals surface area contributed by atoms with E-state index >= 15 is 0 Å². The molecule has 1 N–H and O–H groups in total. The van der Waals surface area contributed by atoms with Crippen LogP contribution in [0.15, 0.2) is 60.7 Å². The molecule has 0 aliphatic carbocycles. The number of aliphatic carboxylic acids is 1. The number of amides is 1. The van der Waals surface area contributed by atoms with E-state index in [1.807, 2.05) is 67.3 Å². The topological polar surface area (TPSA) is 57.6 Å². The predicted octanol–water partition coefficient (Wildman–Crippen LogP) is 4.68. The van der Waals surface area contributed by atoms with Crippen molar-refractivity contribution in [1.82, 2.24) is 4.90 Å². The molecule has 0 atom stereocenters. The first kappa shape index (κ1) is 21.1. The van der Waals surface area contributed by atoms with Gasteiger partial charge in [0.2, 0.25) is 5.91 Å². The fourth-order valence-corrected chi connectivity index (χ4v) is 4.39. The van der Waals surface area contributed by atoms with E-state index in [2.05, 4.69) is 12.1 Å². The summed E-state index contributed by atoms with van der Waals surface area (Å²) in [4.78, 5) is 27.1. The number of aryl methyl sites for hydroxylation is 1. The van der Waals surface area contributed by atoms with Crippen molar-refractivity contribution in [3.8, 4) is 0 Å². The van der Waals surface area contributed by atoms with Crippen LogP contribution in [0.3, 0.4) is 0 Å². The van der Waals surface area contributed by atoms with Gasteiger partial charge >= 0.3 is 5.97 Å². The lowest BCUT2D eigenvalue weighted by Crippen LogP contribution is -2.51. The molecule has 1 amide bonds. The van der Waals surface area contributed by atoms with Crippen LogP contribution >= 0.6 is 0 Å². The number of carboxylic acids is 1. The van der Waals surface area contributed by atoms with Gasteiger partial charge in [-0.3, -0.25) is 9.59 Å². The number of hydrogen-bond donors (Lipinski definition) is 1. The van der Waals surface area contributed by atoms with Crippen molar-refractivity contribution in [2.45, 2.75) is 51.4 Å². The molecular weight excluding hydrogens is 362 g/mol. The summed E-state index contributed by atoms with van der Waals surface area (Å²) in [6.07, 6.45) is 3.66. The Morgan fingerprint density at radius 2 is 1.52 bits per heavy atom. The predicted molar refractivity (Wildman–Crippen MR) is 115 cm³/mol. The molecule has 1 aliphatic rings. The molecule has 1 saturated heterocycles. The summed E-state index contributed by atoms with van der Waals surface area (Å²) in [7, 11) is 0. The second kappa shape index (κ2) is 8.81. The summed E-state index contributed by atoms with van der Waals surface area (Å²) in [5.41, 5.74) is 0.796. The Morgan fingerprint density at radius 3 is 2.07 bits per heavy atom. The van der Waals surface area contributed by atoms with Crippen LogP contribution in [0, 0.1) is 5.41 Å². The number of likely N-dealkylation sites (tertiary alicyclic amines) is 1. The molecule has 4 heteroatoms. The van der Waals surface area contributed by atoms with Gasteiger partial charge in [0.25, 0.3) is 0 Å². The Hall–Kier alpha value is -2.62. The van der Waals surface area contributed by atoms with E-state index in [0.717, 1.165) is 24.8 Å². The first-order chi connectivity index (χ1) is 13.8. The summed E-state index contributed by atoms with van der Waals surface area (Å²) in [6.45, 7) is 5.00. The molecule has 0 radical (unpaired) electrons. The minimum atomic E-state index is -0.893. The van der Waals surface area contributed by atoms with Crippen molar-refractivity contribution in [2.75, 3.05) is 13.1 Å². The third kappa shape index (κ3) is 4.69. The summed E-state index contributed by atoms with van der Waals surface area (Å²) in [5, 5.41) is 9.95. The van der Waals surface area contributed by atoms with Gasteiger partial charge in [-0.1, -0.05) is 74.5 Å². The number of carbonyl (C=O) groups excluding carboxylic acids is 1. The van der Waals surface area contributed by atoms with Gasteiger partial charge in [-0.2, -0.15) is 0 Å². The van der Waals surface area contributed by atoms with Crippen molar-refractivity contribution in [2.24, 2.45) is 5.41 Å². The highest BCUT2D eigenvalue weighted by molar-refractivity contribution is 5.84. The molecule has 29 heavy (non-hydrogen) atoms. The highest BCUT2D eigenvalue weighted by Crippen LogP contribution is 2.37. The quantitative estimate of drug-likeness (QED) is 0.743. The lowest BCUT2D eigenvalue weighted by Gasteiger charge is -2.41. The number of benzene rings is 2. The number of rotatable bonds is 7. The average molecular weight is 394 g/mol. The number of hydrogen-bond acceptors (Lipinski definition) is 2. The number of carboxylic acid groups (broad SMARTS) is 1. The van der Waals surface area contributed by atoms with Crippen LogP contribution in [0.1, 0.15) is 50.7 Å². The van der Waals surface area contributed by atoms with Crippen molar-refractivity contribution in [1.29, 1.82) is 0 Å². The molecular formula is C25H31NO3. The summed E-state index contributed by atoms with van der Waals surface area (Å²) in [6, 6.07) is 19.8. The van der Waals surface area contributed by atoms with Gasteiger partial charge in [-0.05, 0) is 43.2 Å². The Balaban J connectivity index is 1.60. The van der Waals surface area contributed by atoms with Crippen molar-refractivity contribution < 1.29 is 14.7 Å². The van der Waals surface area contributed by atoms with E-state index in [9.17, 15) is 14.7 Å². The van der Waals surface area contributed by atoms with E-state index in [1.54, 1.807) is 0 Å². The van der Waals surface area contributed by atoms with Crippen LogP contribution in [0.25, 0.3) is 0 Å². The van der Waals surface area contributed by atoms with Gasteiger partial charge in [-0.15, -0.1) is 0 Å². The zero-order valence-electron chi connectivity index (χ0n) is 17.4. The lowest BCUT2D eigenvalue weighted by molar-refractivity contribution is -0.151. The minimum absolute atomic E-state index is 0.137. The summed E-state index contributed by atoms with van der Waals surface area (Å²) >= 11 is 0. The van der Waals surface area contributed by atoms with Gasteiger partial charge in [-0.25, -0.2) is 0 Å². The summed E-state index contributed by atoms with van der Waals surface area (Å²) in [5.74, 6) is -0.657. The van der Waals surface area contributed by atoms with Crippen LogP contribution in [-0.4, -0.2) is 35.0 Å². The molecule has 1 heterocycles. The van der Waals surface area contributed by atoms with Crippen LogP contribution in [-0.2, 0) is 21.4 Å². The maximum absolute atomic E-state index is 13.2. The second-order valence-electron chi connectivity index (χ2n) is 8.77. The number of carbonyl (C=O) groups is 2. The zero-order chi connectivity index (χ0) is 20.9. The molecule has 0 aromatic heterocycles. The highest BCUT2D eigenvalue weighted by atomic mass is 16.4. The largest absolute Gasteiger partial charge is 0.481 e. The van der Waals surface area contributed by atoms with Crippen LogP contribution in [0.5, 0.6) is 0 Å². The zero-order valence-corrected chi connectivity index (χ0v) is 17.4. The molecule has 1 fully saturated rings. The summed E-state index contributed by atoms with van der Waals surface area (Å²) < 4.78 is 0. The van der Waals surface area contributed by atoms with E-state index in [1.165, 1.54) is 5.56 Å². The first-order valence-electron chi connectivity index (χ1n) is 10.5. The smallest absolute Gasteiger partial charge is 0.314 e. The monoisotopic (exact) mass is 393 g/mol. The molecule has 0 spiro atoms. The minimum Gasteiger partial charge on any atom is -0.481 e. The molecule has 2 aromatic rings. The van der Waals surface area contributed by atoms with E-state index in [0.29, 0.717) is 25.9 Å². The van der Waals surface area contributed by atoms with Crippen LogP contribution < -0.4 is 0 Å². The molecule has 3 rings (SSSR count). The van der Waals surface area contributed by atoms with Gasteiger partial charge < -0.3 is 10.0 Å². The fourth-order valence-electron chi connectivity index (χ4n) is 4.39. The number of piperidine rings is 1. The van der Waals surface area contributed by atoms with Gasteiger partial charge in [0.15, 0.2) is 0 Å². The van der Waals surface area contributed by atoms with E-state index in [4.69, 9.17) is 0 Å². The molecule has 0 unspecified atom stereocenters. The van der Waals surface area contributed by atoms with Crippen molar-refractivity contribution in [3.05, 3.63) is 71.8 Å². The van der Waals surface area contributed by atoms with Gasteiger partial charge in [0.05, 0.1) is 5.41 Å². The SMILES string of the molecule is CC(C)(CCCc1ccccc1)C(=O)N1CCC(C(=O)O)(c2ccccc2)CC1. The Labute approximate surface area is 173 Å². The molecule has 4 nitrogen and oxygen atoms in total. The van der Waals surface area contributed by atoms with Gasteiger partial charge in [0, 0.05) is 18.5 Å². The van der Waals surface area contributed by atoms with Crippen LogP contribution in [0.2, 0.25) is 0 Å². The molecule has 2 aromatic carbocycles. The van der Waals surface area contributed by atoms with Gasteiger partial charge in [0.1, 0.15) is 0 Å². The Kier molecular flexibility index (Phi) is 6.41. The second-order valence-corrected chi connectivity index (χ2v) is 8.77. The normalized spacial score (nSPS) is 16.4. The fraction of sp³-hybridized carbons (Fsp3) is 0.440. The Morgan fingerprint density at radius 1 is 0.966 bits per heavy atom. The average Bonchev–Trinajstić information content (AvgIpc) is 2.74. The van der Waals surface area contributed by atoms with Crippen LogP contribution in [0.4, 0.5) is 0 Å². The van der Waals surface area contributed by atoms with Crippen molar-refractivity contribution >= 4 is 11.9 Å². The molecule has 0 bridgehead atoms. The maximum atomic E-state index is 13.2. The number of nitrogens with zero attached hydrogens (tertiary/aromatic N) is 1. The third-order valence-corrected chi connectivity index (χ3v) is 6.33. The first-order valence-corrected chi connectivity index (χ1v) is 10.5. The van der Waals surface area contributed by atoms with Crippen molar-refractivity contribution in [3.63, 3.8) is 0 Å². The maximum Gasteiger partial charge on any atom is 0.314 e. The standard InChI is InChI=1S/C25H31NO3/c1-24(2,15-9-12-20-10-5-3-6-11-20)22(27)26-18-16-25(17-19-26,23(28)29)21-13-7-4-8-14-21/h3-8,10-11,13-14H,9,12,15-19H2,1-2H3,(H,28,29). The van der Waals surface area contributed by atoms with E-state index < -0.39 is 16.8 Å². The molecule has 154 valence electrons. The lowest BCUT2D eigenvalue weighted by atomic mass is 9.72.